The summed E-state index contributed by atoms with van der Waals surface area (Å²) in [6.45, 7) is 0.831. The molecule has 0 bridgehead atoms. The van der Waals surface area contributed by atoms with Gasteiger partial charge in [0.2, 0.25) is 5.91 Å². The molecule has 0 atom stereocenters. The number of rotatable bonds is 1. The number of nitrogens with zero attached hydrogens (tertiary/aromatic N) is 1. The predicted molar refractivity (Wildman–Crippen MR) is 63.9 cm³/mol. The highest BCUT2D eigenvalue weighted by atomic mass is 19.1. The fourth-order valence-electron chi connectivity index (χ4n) is 1.86. The zero-order valence-corrected chi connectivity index (χ0v) is 9.37. The van der Waals surface area contributed by atoms with Crippen molar-refractivity contribution in [3.05, 3.63) is 29.6 Å². The van der Waals surface area contributed by atoms with E-state index in [2.05, 4.69) is 11.8 Å². The minimum absolute atomic E-state index is 0.0234. The predicted octanol–water partition coefficient (Wildman–Crippen LogP) is 1.26. The van der Waals surface area contributed by atoms with E-state index in [0.717, 1.165) is 6.42 Å². The standard InChI is InChI=1S/C13H13FN2O/c14-11-9-10(3-1-7-15)5-6-12(11)16-8-2-4-13(16)17/h5-6,9H,2,4,7-8,15H2. The summed E-state index contributed by atoms with van der Waals surface area (Å²) in [5.41, 5.74) is 6.15. The van der Waals surface area contributed by atoms with Crippen LogP contribution in [0.3, 0.4) is 0 Å². The van der Waals surface area contributed by atoms with Gasteiger partial charge in [0.1, 0.15) is 5.82 Å². The zero-order chi connectivity index (χ0) is 12.3. The summed E-state index contributed by atoms with van der Waals surface area (Å²) in [5.74, 6) is 4.98. The monoisotopic (exact) mass is 232 g/mol. The third kappa shape index (κ3) is 2.45. The average molecular weight is 232 g/mol. The van der Waals surface area contributed by atoms with E-state index < -0.39 is 5.82 Å². The molecule has 2 rings (SSSR count). The second-order valence-corrected chi connectivity index (χ2v) is 3.82. The summed E-state index contributed by atoms with van der Waals surface area (Å²) in [6, 6.07) is 4.63. The van der Waals surface area contributed by atoms with Gasteiger partial charge in [0, 0.05) is 18.5 Å². The van der Waals surface area contributed by atoms with Gasteiger partial charge in [0.25, 0.3) is 0 Å². The van der Waals surface area contributed by atoms with E-state index in [0.29, 0.717) is 24.2 Å². The lowest BCUT2D eigenvalue weighted by Crippen LogP contribution is -2.24. The van der Waals surface area contributed by atoms with Gasteiger partial charge in [0.15, 0.2) is 0 Å². The number of anilines is 1. The summed E-state index contributed by atoms with van der Waals surface area (Å²) >= 11 is 0. The summed E-state index contributed by atoms with van der Waals surface area (Å²) in [4.78, 5) is 13.0. The van der Waals surface area contributed by atoms with E-state index in [1.165, 1.54) is 11.0 Å². The number of amides is 1. The molecule has 1 aliphatic rings. The van der Waals surface area contributed by atoms with Gasteiger partial charge in [0.05, 0.1) is 12.2 Å². The van der Waals surface area contributed by atoms with Crippen LogP contribution in [0.1, 0.15) is 18.4 Å². The minimum atomic E-state index is -0.413. The van der Waals surface area contributed by atoms with Gasteiger partial charge in [-0.3, -0.25) is 4.79 Å². The normalized spacial score (nSPS) is 14.7. The zero-order valence-electron chi connectivity index (χ0n) is 9.37. The van der Waals surface area contributed by atoms with Gasteiger partial charge in [-0.1, -0.05) is 11.8 Å². The Morgan fingerprint density at radius 3 is 2.88 bits per heavy atom. The second kappa shape index (κ2) is 4.98. The first-order chi connectivity index (χ1) is 8.22. The molecule has 2 N–H and O–H groups in total. The summed E-state index contributed by atoms with van der Waals surface area (Å²) in [7, 11) is 0. The average Bonchev–Trinajstić information content (AvgIpc) is 2.73. The first kappa shape index (κ1) is 11.6. The maximum Gasteiger partial charge on any atom is 0.227 e. The Morgan fingerprint density at radius 1 is 1.47 bits per heavy atom. The number of benzene rings is 1. The third-order valence-electron chi connectivity index (χ3n) is 2.65. The molecular formula is C13H13FN2O. The lowest BCUT2D eigenvalue weighted by atomic mass is 10.2. The van der Waals surface area contributed by atoms with Crippen LogP contribution in [-0.2, 0) is 4.79 Å². The molecule has 88 valence electrons. The highest BCUT2D eigenvalue weighted by Crippen LogP contribution is 2.24. The van der Waals surface area contributed by atoms with Crippen LogP contribution in [0.4, 0.5) is 10.1 Å². The van der Waals surface area contributed by atoms with Crippen LogP contribution < -0.4 is 10.6 Å². The van der Waals surface area contributed by atoms with Gasteiger partial charge >= 0.3 is 0 Å². The molecule has 0 unspecified atom stereocenters. The molecule has 17 heavy (non-hydrogen) atoms. The van der Waals surface area contributed by atoms with Crippen LogP contribution >= 0.6 is 0 Å². The van der Waals surface area contributed by atoms with Crippen molar-refractivity contribution in [2.75, 3.05) is 18.0 Å². The molecule has 1 aromatic rings. The Kier molecular flexibility index (Phi) is 3.40. The lowest BCUT2D eigenvalue weighted by Gasteiger charge is -2.16. The molecule has 1 fully saturated rings. The van der Waals surface area contributed by atoms with Crippen LogP contribution in [-0.4, -0.2) is 19.0 Å². The van der Waals surface area contributed by atoms with Gasteiger partial charge < -0.3 is 10.6 Å². The molecule has 4 heteroatoms. The number of carbonyl (C=O) groups is 1. The molecule has 1 aromatic carbocycles. The number of hydrogen-bond donors (Lipinski definition) is 1. The molecular weight excluding hydrogens is 219 g/mol. The number of hydrogen-bond acceptors (Lipinski definition) is 2. The van der Waals surface area contributed by atoms with Crippen LogP contribution in [0.25, 0.3) is 0 Å². The number of halogens is 1. The number of nitrogens with two attached hydrogens (primary N) is 1. The van der Waals surface area contributed by atoms with Gasteiger partial charge in [-0.15, -0.1) is 0 Å². The first-order valence-corrected chi connectivity index (χ1v) is 5.51. The quantitative estimate of drug-likeness (QED) is 0.741. The molecule has 1 amide bonds. The van der Waals surface area contributed by atoms with Crippen molar-refractivity contribution in [3.8, 4) is 11.8 Å². The van der Waals surface area contributed by atoms with E-state index in [1.54, 1.807) is 12.1 Å². The highest BCUT2D eigenvalue weighted by Gasteiger charge is 2.23. The Labute approximate surface area is 99.4 Å². The molecule has 3 nitrogen and oxygen atoms in total. The lowest BCUT2D eigenvalue weighted by molar-refractivity contribution is -0.117. The van der Waals surface area contributed by atoms with Crippen molar-refractivity contribution >= 4 is 11.6 Å². The van der Waals surface area contributed by atoms with E-state index in [9.17, 15) is 9.18 Å². The van der Waals surface area contributed by atoms with Gasteiger partial charge in [-0.2, -0.15) is 0 Å². The minimum Gasteiger partial charge on any atom is -0.320 e. The molecule has 0 saturated carbocycles. The van der Waals surface area contributed by atoms with E-state index >= 15 is 0 Å². The maximum absolute atomic E-state index is 13.8. The topological polar surface area (TPSA) is 46.3 Å². The smallest absolute Gasteiger partial charge is 0.227 e. The summed E-state index contributed by atoms with van der Waals surface area (Å²) in [5, 5.41) is 0. The largest absolute Gasteiger partial charge is 0.320 e. The van der Waals surface area contributed by atoms with Gasteiger partial charge in [-0.25, -0.2) is 4.39 Å². The van der Waals surface area contributed by atoms with Crippen LogP contribution in [0.5, 0.6) is 0 Å². The molecule has 0 aromatic heterocycles. The van der Waals surface area contributed by atoms with Crippen LogP contribution in [0.2, 0.25) is 0 Å². The first-order valence-electron chi connectivity index (χ1n) is 5.51. The van der Waals surface area contributed by atoms with Gasteiger partial charge in [-0.05, 0) is 24.6 Å². The van der Waals surface area contributed by atoms with Crippen molar-refractivity contribution in [2.24, 2.45) is 5.73 Å². The molecule has 1 aliphatic heterocycles. The summed E-state index contributed by atoms with van der Waals surface area (Å²) < 4.78 is 13.8. The highest BCUT2D eigenvalue weighted by molar-refractivity contribution is 5.95. The SMILES string of the molecule is NCC#Cc1ccc(N2CCCC2=O)c(F)c1. The fourth-order valence-corrected chi connectivity index (χ4v) is 1.86. The Balaban J connectivity index is 2.28. The fraction of sp³-hybridized carbons (Fsp3) is 0.308. The van der Waals surface area contributed by atoms with E-state index in [1.807, 2.05) is 0 Å². The van der Waals surface area contributed by atoms with E-state index in [-0.39, 0.29) is 12.5 Å². The molecule has 0 aliphatic carbocycles. The molecule has 0 spiro atoms. The van der Waals surface area contributed by atoms with Crippen molar-refractivity contribution in [1.82, 2.24) is 0 Å². The molecule has 1 heterocycles. The van der Waals surface area contributed by atoms with Crippen molar-refractivity contribution in [1.29, 1.82) is 0 Å². The Hall–Kier alpha value is -1.86. The maximum atomic E-state index is 13.8. The van der Waals surface area contributed by atoms with Crippen LogP contribution in [0, 0.1) is 17.7 Å². The Bertz CT molecular complexity index is 502. The van der Waals surface area contributed by atoms with Crippen molar-refractivity contribution < 1.29 is 9.18 Å². The second-order valence-electron chi connectivity index (χ2n) is 3.82. The molecule has 0 radical (unpaired) electrons. The van der Waals surface area contributed by atoms with Crippen LogP contribution in [0.15, 0.2) is 18.2 Å². The summed E-state index contributed by atoms with van der Waals surface area (Å²) in [6.07, 6.45) is 1.28. The third-order valence-corrected chi connectivity index (χ3v) is 2.65. The van der Waals surface area contributed by atoms with Crippen molar-refractivity contribution in [2.45, 2.75) is 12.8 Å². The molecule has 1 saturated heterocycles. The Morgan fingerprint density at radius 2 is 2.29 bits per heavy atom. The van der Waals surface area contributed by atoms with Crippen molar-refractivity contribution in [3.63, 3.8) is 0 Å². The number of carbonyl (C=O) groups excluding carboxylic acids is 1. The van der Waals surface area contributed by atoms with E-state index in [4.69, 9.17) is 5.73 Å².